The summed E-state index contributed by atoms with van der Waals surface area (Å²) >= 11 is 0. The zero-order chi connectivity index (χ0) is 18.6. The molecule has 0 bridgehead atoms. The second-order valence-electron chi connectivity index (χ2n) is 8.24. The van der Waals surface area contributed by atoms with Crippen LogP contribution in [0.2, 0.25) is 0 Å². The highest BCUT2D eigenvalue weighted by molar-refractivity contribution is 5.94. The summed E-state index contributed by atoms with van der Waals surface area (Å²) < 4.78 is 5.72. The lowest BCUT2D eigenvalue weighted by Crippen LogP contribution is -2.50. The molecule has 1 amide bonds. The minimum atomic E-state index is -0.681. The van der Waals surface area contributed by atoms with Gasteiger partial charge in [0, 0.05) is 44.9 Å². The molecule has 0 aromatic heterocycles. The molecule has 1 aromatic rings. The van der Waals surface area contributed by atoms with Crippen LogP contribution in [0.3, 0.4) is 0 Å². The van der Waals surface area contributed by atoms with Crippen molar-refractivity contribution < 1.29 is 14.6 Å². The maximum atomic E-state index is 12.8. The van der Waals surface area contributed by atoms with Crippen LogP contribution in [-0.4, -0.2) is 71.8 Å². The van der Waals surface area contributed by atoms with Crippen LogP contribution >= 0.6 is 0 Å². The molecule has 2 fully saturated rings. The Morgan fingerprint density at radius 1 is 1.27 bits per heavy atom. The van der Waals surface area contributed by atoms with Gasteiger partial charge in [-0.1, -0.05) is 12.1 Å². The maximum absolute atomic E-state index is 12.8. The number of benzene rings is 1. The van der Waals surface area contributed by atoms with Gasteiger partial charge in [-0.25, -0.2) is 0 Å². The summed E-state index contributed by atoms with van der Waals surface area (Å²) in [6, 6.07) is 7.85. The Morgan fingerprint density at radius 3 is 2.69 bits per heavy atom. The molecule has 26 heavy (non-hydrogen) atoms. The molecule has 0 radical (unpaired) electrons. The van der Waals surface area contributed by atoms with E-state index in [0.717, 1.165) is 63.3 Å². The van der Waals surface area contributed by atoms with Gasteiger partial charge in [-0.05, 0) is 57.2 Å². The monoisotopic (exact) mass is 360 g/mol. The van der Waals surface area contributed by atoms with Crippen molar-refractivity contribution in [2.75, 3.05) is 39.3 Å². The van der Waals surface area contributed by atoms with E-state index < -0.39 is 5.60 Å². The predicted octanol–water partition coefficient (Wildman–Crippen LogP) is 2.33. The van der Waals surface area contributed by atoms with Gasteiger partial charge >= 0.3 is 0 Å². The van der Waals surface area contributed by atoms with Gasteiger partial charge in [0.05, 0.1) is 11.7 Å². The van der Waals surface area contributed by atoms with Crippen molar-refractivity contribution in [3.63, 3.8) is 0 Å². The van der Waals surface area contributed by atoms with E-state index in [1.54, 1.807) is 0 Å². The first-order valence-corrected chi connectivity index (χ1v) is 9.85. The van der Waals surface area contributed by atoms with Gasteiger partial charge < -0.3 is 14.7 Å². The topological polar surface area (TPSA) is 53.0 Å². The third-order valence-electron chi connectivity index (χ3n) is 5.34. The molecule has 1 N–H and O–H groups in total. The first-order valence-electron chi connectivity index (χ1n) is 9.85. The largest absolute Gasteiger partial charge is 0.390 e. The third-order valence-corrected chi connectivity index (χ3v) is 5.34. The van der Waals surface area contributed by atoms with Crippen molar-refractivity contribution in [1.29, 1.82) is 0 Å². The van der Waals surface area contributed by atoms with Gasteiger partial charge in [0.15, 0.2) is 0 Å². The first-order chi connectivity index (χ1) is 12.4. The number of carbonyl (C=O) groups excluding carboxylic acids is 1. The van der Waals surface area contributed by atoms with E-state index in [4.69, 9.17) is 4.74 Å². The smallest absolute Gasteiger partial charge is 0.253 e. The predicted molar refractivity (Wildman–Crippen MR) is 102 cm³/mol. The Labute approximate surface area is 156 Å². The molecule has 144 valence electrons. The Hall–Kier alpha value is -1.43. The summed E-state index contributed by atoms with van der Waals surface area (Å²) in [6.45, 7) is 8.92. The fourth-order valence-electron chi connectivity index (χ4n) is 3.70. The van der Waals surface area contributed by atoms with E-state index in [0.29, 0.717) is 12.5 Å². The molecule has 0 saturated carbocycles. The molecule has 1 atom stereocenters. The van der Waals surface area contributed by atoms with Crippen molar-refractivity contribution in [3.8, 4) is 0 Å². The fourth-order valence-corrected chi connectivity index (χ4v) is 3.70. The van der Waals surface area contributed by atoms with E-state index in [-0.39, 0.29) is 5.91 Å². The number of rotatable bonds is 6. The number of aryl methyl sites for hydroxylation is 1. The molecule has 1 aromatic carbocycles. The fraction of sp³-hybridized carbons (Fsp3) is 0.667. The molecule has 5 nitrogen and oxygen atoms in total. The molecule has 0 spiro atoms. The summed E-state index contributed by atoms with van der Waals surface area (Å²) in [6.07, 6.45) is 4.18. The van der Waals surface area contributed by atoms with Crippen LogP contribution in [-0.2, 0) is 11.2 Å². The van der Waals surface area contributed by atoms with E-state index in [9.17, 15) is 9.90 Å². The molecule has 0 aliphatic carbocycles. The van der Waals surface area contributed by atoms with E-state index >= 15 is 0 Å². The summed E-state index contributed by atoms with van der Waals surface area (Å²) in [7, 11) is 0. The highest BCUT2D eigenvalue weighted by Gasteiger charge is 2.25. The summed E-state index contributed by atoms with van der Waals surface area (Å²) in [4.78, 5) is 17.2. The van der Waals surface area contributed by atoms with Crippen LogP contribution in [0.5, 0.6) is 0 Å². The highest BCUT2D eigenvalue weighted by Crippen LogP contribution is 2.17. The summed E-state index contributed by atoms with van der Waals surface area (Å²) in [5.41, 5.74) is 1.18. The summed E-state index contributed by atoms with van der Waals surface area (Å²) in [5.74, 6) is 0.117. The van der Waals surface area contributed by atoms with Crippen molar-refractivity contribution in [3.05, 3.63) is 35.4 Å². The molecular weight excluding hydrogens is 328 g/mol. The zero-order valence-electron chi connectivity index (χ0n) is 16.1. The van der Waals surface area contributed by atoms with Crippen molar-refractivity contribution in [1.82, 2.24) is 9.80 Å². The van der Waals surface area contributed by atoms with Gasteiger partial charge in [0.25, 0.3) is 5.91 Å². The van der Waals surface area contributed by atoms with Crippen molar-refractivity contribution >= 4 is 5.91 Å². The van der Waals surface area contributed by atoms with Crippen molar-refractivity contribution in [2.45, 2.75) is 51.2 Å². The van der Waals surface area contributed by atoms with Crippen LogP contribution < -0.4 is 0 Å². The minimum Gasteiger partial charge on any atom is -0.390 e. The second-order valence-corrected chi connectivity index (χ2v) is 8.24. The van der Waals surface area contributed by atoms with E-state index in [1.807, 2.05) is 43.0 Å². The van der Waals surface area contributed by atoms with Crippen LogP contribution in [0.15, 0.2) is 24.3 Å². The molecule has 2 aliphatic rings. The molecule has 2 saturated heterocycles. The number of piperazine rings is 1. The Balaban J connectivity index is 1.51. The number of hydrogen-bond acceptors (Lipinski definition) is 4. The zero-order valence-corrected chi connectivity index (χ0v) is 16.1. The first kappa shape index (κ1) is 19.3. The standard InChI is InChI=1S/C21H32N2O3/c1-21(2,25)9-8-17-5-3-6-18(15-17)20(24)23-12-10-22(11-13-23)16-19-7-4-14-26-19/h3,5-6,15,19,25H,4,7-14,16H2,1-2H3. The molecule has 2 heterocycles. The SMILES string of the molecule is CC(C)(O)CCc1cccc(C(=O)N2CCN(CC3CCCO3)CC2)c1. The second kappa shape index (κ2) is 8.51. The van der Waals surface area contributed by atoms with Crippen LogP contribution in [0.1, 0.15) is 49.0 Å². The lowest BCUT2D eigenvalue weighted by Gasteiger charge is -2.35. The minimum absolute atomic E-state index is 0.117. The van der Waals surface area contributed by atoms with Crippen LogP contribution in [0.25, 0.3) is 0 Å². The van der Waals surface area contributed by atoms with Gasteiger partial charge in [0.1, 0.15) is 0 Å². The number of ether oxygens (including phenoxy) is 1. The van der Waals surface area contributed by atoms with E-state index in [1.165, 1.54) is 6.42 Å². The molecule has 3 rings (SSSR count). The molecule has 2 aliphatic heterocycles. The quantitative estimate of drug-likeness (QED) is 0.846. The average molecular weight is 360 g/mol. The Morgan fingerprint density at radius 2 is 2.04 bits per heavy atom. The number of carbonyl (C=O) groups is 1. The number of nitrogens with zero attached hydrogens (tertiary/aromatic N) is 2. The van der Waals surface area contributed by atoms with Gasteiger partial charge in [-0.3, -0.25) is 9.69 Å². The van der Waals surface area contributed by atoms with Crippen LogP contribution in [0, 0.1) is 0 Å². The summed E-state index contributed by atoms with van der Waals surface area (Å²) in [5, 5.41) is 9.90. The number of amides is 1. The Bertz CT molecular complexity index is 598. The Kier molecular flexibility index (Phi) is 6.33. The van der Waals surface area contributed by atoms with Crippen molar-refractivity contribution in [2.24, 2.45) is 0 Å². The molecule has 5 heteroatoms. The van der Waals surface area contributed by atoms with Gasteiger partial charge in [-0.2, -0.15) is 0 Å². The highest BCUT2D eigenvalue weighted by atomic mass is 16.5. The van der Waals surface area contributed by atoms with Gasteiger partial charge in [0.2, 0.25) is 0 Å². The molecule has 1 unspecified atom stereocenters. The average Bonchev–Trinajstić information content (AvgIpc) is 3.13. The van der Waals surface area contributed by atoms with Crippen LogP contribution in [0.4, 0.5) is 0 Å². The lowest BCUT2D eigenvalue weighted by molar-refractivity contribution is 0.0432. The number of aliphatic hydroxyl groups is 1. The lowest BCUT2D eigenvalue weighted by atomic mass is 9.97. The molecular formula is C21H32N2O3. The maximum Gasteiger partial charge on any atom is 0.253 e. The van der Waals surface area contributed by atoms with E-state index in [2.05, 4.69) is 4.90 Å². The third kappa shape index (κ3) is 5.53. The number of hydrogen-bond donors (Lipinski definition) is 1. The normalized spacial score (nSPS) is 22.0. The van der Waals surface area contributed by atoms with Gasteiger partial charge in [-0.15, -0.1) is 0 Å².